The van der Waals surface area contributed by atoms with E-state index in [9.17, 15) is 13.2 Å². The van der Waals surface area contributed by atoms with Gasteiger partial charge in [-0.3, -0.25) is 4.79 Å². The van der Waals surface area contributed by atoms with Crippen LogP contribution in [0.4, 0.5) is 5.69 Å². The summed E-state index contributed by atoms with van der Waals surface area (Å²) in [5.74, 6) is -0.287. The molecule has 27 heavy (non-hydrogen) atoms. The second kappa shape index (κ2) is 8.88. The van der Waals surface area contributed by atoms with Crippen molar-refractivity contribution in [2.24, 2.45) is 0 Å². The van der Waals surface area contributed by atoms with Gasteiger partial charge in [0.25, 0.3) is 5.91 Å². The number of thioether (sulfide) groups is 1. The number of carbonyl (C=O) groups is 1. The number of nitrogens with one attached hydrogen (secondary N) is 2. The van der Waals surface area contributed by atoms with Crippen LogP contribution >= 0.6 is 11.8 Å². The Bertz CT molecular complexity index is 892. The Morgan fingerprint density at radius 3 is 2.67 bits per heavy atom. The molecule has 2 N–H and O–H groups in total. The summed E-state index contributed by atoms with van der Waals surface area (Å²) in [5.41, 5.74) is 1.09. The van der Waals surface area contributed by atoms with Crippen LogP contribution in [0.1, 0.15) is 23.2 Å². The van der Waals surface area contributed by atoms with Crippen LogP contribution in [-0.2, 0) is 14.8 Å². The lowest BCUT2D eigenvalue weighted by Gasteiger charge is -2.12. The van der Waals surface area contributed by atoms with E-state index in [1.165, 1.54) is 24.3 Å². The predicted molar refractivity (Wildman–Crippen MR) is 107 cm³/mol. The number of ether oxygens (including phenoxy) is 1. The van der Waals surface area contributed by atoms with Crippen LogP contribution in [0.5, 0.6) is 0 Å². The minimum atomic E-state index is -3.62. The smallest absolute Gasteiger partial charge is 0.255 e. The van der Waals surface area contributed by atoms with Gasteiger partial charge in [-0.15, -0.1) is 11.8 Å². The van der Waals surface area contributed by atoms with Crippen LogP contribution < -0.4 is 10.0 Å². The zero-order chi connectivity index (χ0) is 19.3. The van der Waals surface area contributed by atoms with E-state index in [1.807, 2.05) is 30.5 Å². The molecule has 2 aromatic rings. The molecule has 0 saturated carbocycles. The largest absolute Gasteiger partial charge is 0.377 e. The van der Waals surface area contributed by atoms with E-state index in [1.54, 1.807) is 11.8 Å². The summed E-state index contributed by atoms with van der Waals surface area (Å²) < 4.78 is 32.7. The quantitative estimate of drug-likeness (QED) is 0.690. The fraction of sp³-hybridized carbons (Fsp3) is 0.316. The number of carbonyl (C=O) groups excluding carboxylic acids is 1. The molecule has 6 nitrogen and oxygen atoms in total. The highest BCUT2D eigenvalue weighted by molar-refractivity contribution is 7.98. The van der Waals surface area contributed by atoms with Crippen LogP contribution in [0.3, 0.4) is 0 Å². The van der Waals surface area contributed by atoms with E-state index in [0.717, 1.165) is 17.7 Å². The highest BCUT2D eigenvalue weighted by atomic mass is 32.2. The second-order valence-electron chi connectivity index (χ2n) is 6.20. The third-order valence-corrected chi connectivity index (χ3v) is 6.44. The highest BCUT2D eigenvalue weighted by Crippen LogP contribution is 2.20. The lowest BCUT2D eigenvalue weighted by atomic mass is 10.2. The average molecular weight is 407 g/mol. The van der Waals surface area contributed by atoms with E-state index in [4.69, 9.17) is 4.74 Å². The number of hydrogen-bond donors (Lipinski definition) is 2. The van der Waals surface area contributed by atoms with Crippen molar-refractivity contribution < 1.29 is 17.9 Å². The summed E-state index contributed by atoms with van der Waals surface area (Å²) in [6, 6.07) is 13.4. The van der Waals surface area contributed by atoms with Crippen LogP contribution in [-0.4, -0.2) is 39.8 Å². The van der Waals surface area contributed by atoms with Gasteiger partial charge < -0.3 is 10.1 Å². The summed E-state index contributed by atoms with van der Waals surface area (Å²) in [6.45, 7) is 0.937. The zero-order valence-corrected chi connectivity index (χ0v) is 16.6. The number of rotatable bonds is 7. The molecule has 3 rings (SSSR count). The first-order valence-electron chi connectivity index (χ1n) is 8.65. The molecule has 1 aliphatic rings. The molecule has 8 heteroatoms. The van der Waals surface area contributed by atoms with Crippen LogP contribution in [0.2, 0.25) is 0 Å². The predicted octanol–water partition coefficient (Wildman–Crippen LogP) is 3.12. The molecular formula is C19H22N2O4S2. The molecule has 1 heterocycles. The summed E-state index contributed by atoms with van der Waals surface area (Å²) in [7, 11) is -3.62. The number of hydrogen-bond acceptors (Lipinski definition) is 5. The molecule has 0 spiro atoms. The molecule has 0 aromatic heterocycles. The summed E-state index contributed by atoms with van der Waals surface area (Å²) >= 11 is 1.59. The fourth-order valence-electron chi connectivity index (χ4n) is 2.78. The Hall–Kier alpha value is -1.87. The second-order valence-corrected chi connectivity index (χ2v) is 8.84. The Morgan fingerprint density at radius 2 is 2.00 bits per heavy atom. The molecular weight excluding hydrogens is 384 g/mol. The van der Waals surface area contributed by atoms with Gasteiger partial charge in [-0.2, -0.15) is 0 Å². The van der Waals surface area contributed by atoms with Crippen molar-refractivity contribution in [3.8, 4) is 0 Å². The third kappa shape index (κ3) is 5.32. The lowest BCUT2D eigenvalue weighted by molar-refractivity contribution is 0.102. The van der Waals surface area contributed by atoms with Gasteiger partial charge in [0.05, 0.1) is 11.0 Å². The van der Waals surface area contributed by atoms with E-state index in [2.05, 4.69) is 10.0 Å². The standard InChI is InChI=1S/C19H22N2O4S2/c1-26-17-6-2-4-15(12-17)21-19(22)14-7-9-18(10-8-14)27(23,24)20-13-16-5-3-11-25-16/h2,4,6-10,12,16,20H,3,5,11,13H2,1H3,(H,21,22)/t16-/m1/s1. The van der Waals surface area contributed by atoms with E-state index in [-0.39, 0.29) is 23.5 Å². The normalized spacial score (nSPS) is 17.0. The van der Waals surface area contributed by atoms with Crippen LogP contribution in [0.15, 0.2) is 58.3 Å². The molecule has 144 valence electrons. The van der Waals surface area contributed by atoms with Gasteiger partial charge in [0, 0.05) is 29.3 Å². The first-order valence-corrected chi connectivity index (χ1v) is 11.4. The lowest BCUT2D eigenvalue weighted by Crippen LogP contribution is -2.31. The van der Waals surface area contributed by atoms with Crippen molar-refractivity contribution in [1.29, 1.82) is 0 Å². The maximum Gasteiger partial charge on any atom is 0.255 e. The number of sulfonamides is 1. The van der Waals surface area contributed by atoms with E-state index in [0.29, 0.717) is 17.9 Å². The molecule has 1 saturated heterocycles. The Labute approximate surface area is 163 Å². The van der Waals surface area contributed by atoms with Crippen molar-refractivity contribution in [2.45, 2.75) is 28.7 Å². The molecule has 0 radical (unpaired) electrons. The minimum Gasteiger partial charge on any atom is -0.377 e. The highest BCUT2D eigenvalue weighted by Gasteiger charge is 2.20. The monoisotopic (exact) mass is 406 g/mol. The zero-order valence-electron chi connectivity index (χ0n) is 15.0. The van der Waals surface area contributed by atoms with Crippen molar-refractivity contribution in [1.82, 2.24) is 4.72 Å². The van der Waals surface area contributed by atoms with Crippen molar-refractivity contribution >= 4 is 33.4 Å². The van der Waals surface area contributed by atoms with Crippen molar-refractivity contribution in [2.75, 3.05) is 24.7 Å². The fourth-order valence-corrected chi connectivity index (χ4v) is 4.31. The third-order valence-electron chi connectivity index (χ3n) is 4.28. The summed E-state index contributed by atoms with van der Waals surface area (Å²) in [5, 5.41) is 2.82. The molecule has 1 aliphatic heterocycles. The van der Waals surface area contributed by atoms with Gasteiger partial charge >= 0.3 is 0 Å². The Balaban J connectivity index is 1.63. The first kappa shape index (κ1) is 19.9. The summed E-state index contributed by atoms with van der Waals surface area (Å²) in [4.78, 5) is 13.5. The maximum atomic E-state index is 12.4. The van der Waals surface area contributed by atoms with Crippen LogP contribution in [0.25, 0.3) is 0 Å². The molecule has 1 amide bonds. The minimum absolute atomic E-state index is 0.0677. The van der Waals surface area contributed by atoms with Crippen molar-refractivity contribution in [3.63, 3.8) is 0 Å². The van der Waals surface area contributed by atoms with Crippen molar-refractivity contribution in [3.05, 3.63) is 54.1 Å². The summed E-state index contributed by atoms with van der Waals surface area (Å²) in [6.07, 6.45) is 3.71. The molecule has 1 atom stereocenters. The van der Waals surface area contributed by atoms with Gasteiger partial charge in [-0.05, 0) is 61.6 Å². The van der Waals surface area contributed by atoms with Gasteiger partial charge in [-0.1, -0.05) is 6.07 Å². The molecule has 2 aromatic carbocycles. The number of benzene rings is 2. The van der Waals surface area contributed by atoms with Crippen LogP contribution in [0, 0.1) is 0 Å². The molecule has 0 aliphatic carbocycles. The first-order chi connectivity index (χ1) is 13.0. The number of anilines is 1. The SMILES string of the molecule is CSc1cccc(NC(=O)c2ccc(S(=O)(=O)NC[C@H]3CCCO3)cc2)c1. The van der Waals surface area contributed by atoms with Gasteiger partial charge in [0.1, 0.15) is 0 Å². The number of amides is 1. The Morgan fingerprint density at radius 1 is 1.22 bits per heavy atom. The van der Waals surface area contributed by atoms with Gasteiger partial charge in [0.2, 0.25) is 10.0 Å². The van der Waals surface area contributed by atoms with E-state index >= 15 is 0 Å². The Kier molecular flexibility index (Phi) is 6.54. The maximum absolute atomic E-state index is 12.4. The molecule has 0 unspecified atom stereocenters. The van der Waals surface area contributed by atoms with E-state index < -0.39 is 10.0 Å². The van der Waals surface area contributed by atoms with Gasteiger partial charge in [-0.25, -0.2) is 13.1 Å². The molecule has 0 bridgehead atoms. The molecule has 1 fully saturated rings. The van der Waals surface area contributed by atoms with Gasteiger partial charge in [0.15, 0.2) is 0 Å². The topological polar surface area (TPSA) is 84.5 Å². The average Bonchev–Trinajstić information content (AvgIpc) is 3.20.